The smallest absolute Gasteiger partial charge is 0.134 e. The highest BCUT2D eigenvalue weighted by Gasteiger charge is 2.24. The lowest BCUT2D eigenvalue weighted by atomic mass is 10.3. The Bertz CT molecular complexity index is 387. The van der Waals surface area contributed by atoms with Gasteiger partial charge in [0.15, 0.2) is 0 Å². The molecule has 0 aromatic carbocycles. The third-order valence-corrected chi connectivity index (χ3v) is 3.37. The van der Waals surface area contributed by atoms with Gasteiger partial charge in [0.05, 0.1) is 0 Å². The largest absolute Gasteiger partial charge is 0.373 e. The van der Waals surface area contributed by atoms with Gasteiger partial charge in [-0.3, -0.25) is 0 Å². The Morgan fingerprint density at radius 1 is 1.33 bits per heavy atom. The molecule has 0 bridgehead atoms. The zero-order valence-corrected chi connectivity index (χ0v) is 11.7. The fraction of sp³-hybridized carbons (Fsp3) is 0.714. The summed E-state index contributed by atoms with van der Waals surface area (Å²) in [7, 11) is 1.92. The highest BCUT2D eigenvalue weighted by atomic mass is 15.2. The molecule has 2 rings (SSSR count). The number of rotatable bonds is 7. The molecule has 1 heterocycles. The summed E-state index contributed by atoms with van der Waals surface area (Å²) in [6.45, 7) is 6.52. The number of hydrogen-bond acceptors (Lipinski definition) is 4. The maximum Gasteiger partial charge on any atom is 0.134 e. The molecule has 0 atom stereocenters. The molecule has 4 nitrogen and oxygen atoms in total. The van der Waals surface area contributed by atoms with Crippen LogP contribution in [0.5, 0.6) is 0 Å². The Kier molecular flexibility index (Phi) is 4.39. The summed E-state index contributed by atoms with van der Waals surface area (Å²) in [5.74, 6) is 3.84. The predicted octanol–water partition coefficient (Wildman–Crippen LogP) is 2.71. The van der Waals surface area contributed by atoms with E-state index in [-0.39, 0.29) is 0 Å². The molecule has 4 heteroatoms. The molecule has 1 fully saturated rings. The minimum absolute atomic E-state index is 0.882. The van der Waals surface area contributed by atoms with E-state index in [1.54, 1.807) is 0 Å². The van der Waals surface area contributed by atoms with E-state index < -0.39 is 0 Å². The molecule has 18 heavy (non-hydrogen) atoms. The van der Waals surface area contributed by atoms with E-state index in [0.29, 0.717) is 0 Å². The lowest BCUT2D eigenvalue weighted by molar-refractivity contribution is 0.722. The van der Waals surface area contributed by atoms with Crippen molar-refractivity contribution >= 4 is 11.6 Å². The van der Waals surface area contributed by atoms with Crippen molar-refractivity contribution in [2.75, 3.05) is 30.4 Å². The van der Waals surface area contributed by atoms with Crippen molar-refractivity contribution in [2.45, 2.75) is 39.5 Å². The van der Waals surface area contributed by atoms with Gasteiger partial charge >= 0.3 is 0 Å². The lowest BCUT2D eigenvalue weighted by Crippen LogP contribution is -2.26. The molecule has 0 radical (unpaired) electrons. The number of anilines is 2. The molecule has 100 valence electrons. The van der Waals surface area contributed by atoms with E-state index >= 15 is 0 Å². The van der Waals surface area contributed by atoms with Crippen LogP contribution in [0.1, 0.15) is 38.9 Å². The maximum atomic E-state index is 4.70. The van der Waals surface area contributed by atoms with E-state index in [2.05, 4.69) is 35.1 Å². The van der Waals surface area contributed by atoms with Crippen molar-refractivity contribution in [3.05, 3.63) is 11.9 Å². The maximum absolute atomic E-state index is 4.70. The van der Waals surface area contributed by atoms with Crippen molar-refractivity contribution < 1.29 is 0 Å². The molecule has 0 saturated heterocycles. The van der Waals surface area contributed by atoms with Crippen molar-refractivity contribution in [1.29, 1.82) is 0 Å². The summed E-state index contributed by atoms with van der Waals surface area (Å²) in [4.78, 5) is 11.6. The summed E-state index contributed by atoms with van der Waals surface area (Å²) in [6.07, 6.45) is 4.79. The zero-order chi connectivity index (χ0) is 13.0. The van der Waals surface area contributed by atoms with E-state index in [9.17, 15) is 0 Å². The van der Waals surface area contributed by atoms with Crippen LogP contribution in [0.2, 0.25) is 0 Å². The average Bonchev–Trinajstić information content (AvgIpc) is 3.19. The highest BCUT2D eigenvalue weighted by molar-refractivity contribution is 5.49. The topological polar surface area (TPSA) is 41.1 Å². The Hall–Kier alpha value is -1.32. The van der Waals surface area contributed by atoms with Crippen LogP contribution in [-0.2, 0) is 6.42 Å². The van der Waals surface area contributed by atoms with Gasteiger partial charge < -0.3 is 10.2 Å². The summed E-state index contributed by atoms with van der Waals surface area (Å²) in [6, 6.07) is 2.06. The van der Waals surface area contributed by atoms with Crippen LogP contribution in [0.3, 0.4) is 0 Å². The van der Waals surface area contributed by atoms with Gasteiger partial charge in [0.2, 0.25) is 0 Å². The summed E-state index contributed by atoms with van der Waals surface area (Å²) in [5, 5.41) is 3.14. The van der Waals surface area contributed by atoms with Crippen LogP contribution in [-0.4, -0.2) is 30.1 Å². The van der Waals surface area contributed by atoms with E-state index in [4.69, 9.17) is 4.98 Å². The van der Waals surface area contributed by atoms with Crippen LogP contribution < -0.4 is 10.2 Å². The van der Waals surface area contributed by atoms with Crippen LogP contribution in [0, 0.1) is 5.92 Å². The van der Waals surface area contributed by atoms with Gasteiger partial charge in [-0.1, -0.05) is 6.92 Å². The molecule has 0 aliphatic heterocycles. The summed E-state index contributed by atoms with van der Waals surface area (Å²) < 4.78 is 0. The first kappa shape index (κ1) is 13.1. The molecule has 1 aromatic rings. The second kappa shape index (κ2) is 6.03. The van der Waals surface area contributed by atoms with Gasteiger partial charge in [-0.2, -0.15) is 0 Å². The number of aromatic nitrogens is 2. The van der Waals surface area contributed by atoms with Crippen molar-refractivity contribution in [2.24, 2.45) is 5.92 Å². The first-order valence-corrected chi connectivity index (χ1v) is 7.07. The Morgan fingerprint density at radius 2 is 2.11 bits per heavy atom. The standard InChI is InChI=1S/C14H24N4/c1-4-6-12-16-13(15-3)9-14(17-12)18(5-2)10-11-7-8-11/h9,11H,4-8,10H2,1-3H3,(H,15,16,17). The van der Waals surface area contributed by atoms with Crippen LogP contribution in [0.4, 0.5) is 11.6 Å². The molecule has 0 spiro atoms. The second-order valence-electron chi connectivity index (χ2n) is 5.01. The fourth-order valence-electron chi connectivity index (χ4n) is 2.11. The summed E-state index contributed by atoms with van der Waals surface area (Å²) >= 11 is 0. The predicted molar refractivity (Wildman–Crippen MR) is 76.2 cm³/mol. The first-order valence-electron chi connectivity index (χ1n) is 7.07. The van der Waals surface area contributed by atoms with Crippen LogP contribution in [0.25, 0.3) is 0 Å². The number of nitrogens with one attached hydrogen (secondary N) is 1. The normalized spacial score (nSPS) is 14.6. The average molecular weight is 248 g/mol. The second-order valence-corrected chi connectivity index (χ2v) is 5.01. The van der Waals surface area contributed by atoms with Gasteiger partial charge in [0.25, 0.3) is 0 Å². The molecule has 0 unspecified atom stereocenters. The lowest BCUT2D eigenvalue weighted by Gasteiger charge is -2.22. The van der Waals surface area contributed by atoms with Crippen LogP contribution >= 0.6 is 0 Å². The van der Waals surface area contributed by atoms with Crippen molar-refractivity contribution in [1.82, 2.24) is 9.97 Å². The summed E-state index contributed by atoms with van der Waals surface area (Å²) in [5.41, 5.74) is 0. The molecular weight excluding hydrogens is 224 g/mol. The molecule has 1 saturated carbocycles. The molecule has 0 amide bonds. The van der Waals surface area contributed by atoms with E-state index in [1.165, 1.54) is 12.8 Å². The Morgan fingerprint density at radius 3 is 2.67 bits per heavy atom. The van der Waals surface area contributed by atoms with Crippen LogP contribution in [0.15, 0.2) is 6.07 Å². The fourth-order valence-corrected chi connectivity index (χ4v) is 2.11. The molecular formula is C14H24N4. The Labute approximate surface area is 110 Å². The number of hydrogen-bond donors (Lipinski definition) is 1. The zero-order valence-electron chi connectivity index (χ0n) is 11.7. The quantitative estimate of drug-likeness (QED) is 0.805. The molecule has 1 aromatic heterocycles. The number of aryl methyl sites for hydroxylation is 1. The van der Waals surface area contributed by atoms with E-state index in [1.807, 2.05) is 7.05 Å². The third kappa shape index (κ3) is 3.34. The molecule has 1 N–H and O–H groups in total. The third-order valence-electron chi connectivity index (χ3n) is 3.37. The van der Waals surface area contributed by atoms with Gasteiger partial charge in [-0.15, -0.1) is 0 Å². The Balaban J connectivity index is 2.19. The van der Waals surface area contributed by atoms with Gasteiger partial charge in [-0.05, 0) is 32.1 Å². The number of nitrogens with zero attached hydrogens (tertiary/aromatic N) is 3. The SMILES string of the molecule is CCCc1nc(NC)cc(N(CC)CC2CC2)n1. The van der Waals surface area contributed by atoms with Crippen molar-refractivity contribution in [3.8, 4) is 0 Å². The highest BCUT2D eigenvalue weighted by Crippen LogP contribution is 2.31. The first-order chi connectivity index (χ1) is 8.76. The van der Waals surface area contributed by atoms with E-state index in [0.717, 1.165) is 49.3 Å². The molecule has 1 aliphatic rings. The van der Waals surface area contributed by atoms with Crippen molar-refractivity contribution in [3.63, 3.8) is 0 Å². The molecule has 1 aliphatic carbocycles. The monoisotopic (exact) mass is 248 g/mol. The van der Waals surface area contributed by atoms with Gasteiger partial charge in [0, 0.05) is 32.6 Å². The van der Waals surface area contributed by atoms with Gasteiger partial charge in [-0.25, -0.2) is 9.97 Å². The minimum Gasteiger partial charge on any atom is -0.373 e. The minimum atomic E-state index is 0.882. The van der Waals surface area contributed by atoms with Gasteiger partial charge in [0.1, 0.15) is 17.5 Å².